The van der Waals surface area contributed by atoms with Crippen LogP contribution in [0.1, 0.15) is 54.9 Å². The second-order valence-electron chi connectivity index (χ2n) is 7.73. The fourth-order valence-electron chi connectivity index (χ4n) is 2.77. The topological polar surface area (TPSA) is 24.1 Å². The van der Waals surface area contributed by atoms with Crippen molar-refractivity contribution in [3.05, 3.63) is 0 Å². The van der Waals surface area contributed by atoms with E-state index in [0.29, 0.717) is 10.8 Å². The molecule has 0 aromatic rings. The summed E-state index contributed by atoms with van der Waals surface area (Å²) in [5.41, 5.74) is 1.29. The Hall–Kier alpha value is -0.0800. The van der Waals surface area contributed by atoms with Crippen LogP contribution >= 0.6 is 0 Å². The Balaban J connectivity index is 2.04. The van der Waals surface area contributed by atoms with Crippen molar-refractivity contribution in [1.29, 1.82) is 0 Å². The van der Waals surface area contributed by atoms with Gasteiger partial charge in [-0.15, -0.1) is 0 Å². The first-order valence-electron chi connectivity index (χ1n) is 7.05. The molecule has 0 radical (unpaired) electrons. The van der Waals surface area contributed by atoms with E-state index in [2.05, 4.69) is 59.1 Å². The molecule has 2 nitrogen and oxygen atoms in total. The first-order chi connectivity index (χ1) is 7.59. The van der Waals surface area contributed by atoms with Crippen molar-refractivity contribution >= 4 is 0 Å². The molecule has 0 aromatic carbocycles. The summed E-state index contributed by atoms with van der Waals surface area (Å²) in [6.45, 7) is 19.6. The minimum absolute atomic E-state index is 0.250. The van der Waals surface area contributed by atoms with Crippen molar-refractivity contribution < 1.29 is 0 Å². The second-order valence-corrected chi connectivity index (χ2v) is 7.73. The van der Waals surface area contributed by atoms with E-state index in [-0.39, 0.29) is 5.54 Å². The maximum Gasteiger partial charge on any atom is 0.00965 e. The van der Waals surface area contributed by atoms with Gasteiger partial charge in [0.05, 0.1) is 0 Å². The molecule has 0 saturated heterocycles. The molecular formula is C15H32N2. The molecule has 0 unspecified atom stereocenters. The summed E-state index contributed by atoms with van der Waals surface area (Å²) in [4.78, 5) is 0. The van der Waals surface area contributed by atoms with Crippen molar-refractivity contribution in [1.82, 2.24) is 10.6 Å². The number of nitrogens with one attached hydrogen (secondary N) is 2. The highest BCUT2D eigenvalue weighted by Crippen LogP contribution is 2.67. The second kappa shape index (κ2) is 4.89. The molecule has 0 heterocycles. The molecule has 0 atom stereocenters. The summed E-state index contributed by atoms with van der Waals surface area (Å²) in [6.07, 6.45) is 1.21. The summed E-state index contributed by atoms with van der Waals surface area (Å²) in [6, 6.07) is 0. The van der Waals surface area contributed by atoms with Crippen LogP contribution in [0.15, 0.2) is 0 Å². The lowest BCUT2D eigenvalue weighted by atomic mass is 10.0. The summed E-state index contributed by atoms with van der Waals surface area (Å²) >= 11 is 0. The normalized spacial score (nSPS) is 22.8. The number of hydrogen-bond acceptors (Lipinski definition) is 2. The molecule has 2 N–H and O–H groups in total. The summed E-state index contributed by atoms with van der Waals surface area (Å²) in [5.74, 6) is 0.838. The smallest absolute Gasteiger partial charge is 0.00965 e. The van der Waals surface area contributed by atoms with Gasteiger partial charge in [-0.1, -0.05) is 27.7 Å². The van der Waals surface area contributed by atoms with E-state index >= 15 is 0 Å². The van der Waals surface area contributed by atoms with Gasteiger partial charge in [-0.05, 0) is 63.6 Å². The van der Waals surface area contributed by atoms with Gasteiger partial charge < -0.3 is 10.6 Å². The molecule has 0 aliphatic heterocycles. The fourth-order valence-corrected chi connectivity index (χ4v) is 2.77. The van der Waals surface area contributed by atoms with Crippen molar-refractivity contribution in [3.8, 4) is 0 Å². The Morgan fingerprint density at radius 2 is 1.47 bits per heavy atom. The van der Waals surface area contributed by atoms with Gasteiger partial charge in [0.15, 0.2) is 0 Å². The van der Waals surface area contributed by atoms with Gasteiger partial charge in [0.25, 0.3) is 0 Å². The first-order valence-corrected chi connectivity index (χ1v) is 7.05. The van der Waals surface area contributed by atoms with Crippen LogP contribution in [0.25, 0.3) is 0 Å². The quantitative estimate of drug-likeness (QED) is 0.697. The van der Waals surface area contributed by atoms with Crippen LogP contribution in [0.3, 0.4) is 0 Å². The van der Waals surface area contributed by atoms with Gasteiger partial charge in [-0.25, -0.2) is 0 Å². The van der Waals surface area contributed by atoms with E-state index in [9.17, 15) is 0 Å². The maximum absolute atomic E-state index is 3.60. The summed E-state index contributed by atoms with van der Waals surface area (Å²) in [7, 11) is 0. The zero-order valence-corrected chi connectivity index (χ0v) is 12.9. The third-order valence-electron chi connectivity index (χ3n) is 4.85. The maximum atomic E-state index is 3.60. The van der Waals surface area contributed by atoms with Gasteiger partial charge in [0, 0.05) is 5.54 Å². The van der Waals surface area contributed by atoms with Gasteiger partial charge >= 0.3 is 0 Å². The lowest BCUT2D eigenvalue weighted by Gasteiger charge is -2.20. The Labute approximate surface area is 108 Å². The third-order valence-corrected chi connectivity index (χ3v) is 4.85. The highest BCUT2D eigenvalue weighted by atomic mass is 15.0. The highest BCUT2D eigenvalue weighted by Gasteiger charge is 2.63. The average Bonchev–Trinajstić information content (AvgIpc) is 2.50. The molecule has 1 saturated carbocycles. The Morgan fingerprint density at radius 1 is 0.941 bits per heavy atom. The van der Waals surface area contributed by atoms with Gasteiger partial charge in [0.2, 0.25) is 0 Å². The molecule has 17 heavy (non-hydrogen) atoms. The van der Waals surface area contributed by atoms with Crippen molar-refractivity contribution in [3.63, 3.8) is 0 Å². The molecule has 1 aliphatic rings. The van der Waals surface area contributed by atoms with Crippen LogP contribution in [-0.4, -0.2) is 25.2 Å². The van der Waals surface area contributed by atoms with E-state index in [0.717, 1.165) is 19.0 Å². The summed E-state index contributed by atoms with van der Waals surface area (Å²) < 4.78 is 0. The molecule has 102 valence electrons. The molecule has 1 rings (SSSR count). The van der Waals surface area contributed by atoms with E-state index in [1.807, 2.05) is 0 Å². The molecule has 2 heteroatoms. The zero-order chi connectivity index (χ0) is 13.3. The predicted molar refractivity (Wildman–Crippen MR) is 76.3 cm³/mol. The molecular weight excluding hydrogens is 208 g/mol. The lowest BCUT2D eigenvalue weighted by molar-refractivity contribution is 0.416. The standard InChI is InChI=1S/C15H32N2/c1-13(2,3)17-10-8-9-16-11-12-14(4,5)15(12,6)7/h12,16-17H,8-11H2,1-7H3. The Kier molecular flexibility index (Phi) is 4.31. The van der Waals surface area contributed by atoms with Gasteiger partial charge in [-0.2, -0.15) is 0 Å². The van der Waals surface area contributed by atoms with Crippen LogP contribution in [0, 0.1) is 16.7 Å². The third kappa shape index (κ3) is 3.69. The average molecular weight is 240 g/mol. The molecule has 0 bridgehead atoms. The van der Waals surface area contributed by atoms with Crippen LogP contribution in [0.4, 0.5) is 0 Å². The summed E-state index contributed by atoms with van der Waals surface area (Å²) in [5, 5.41) is 7.12. The van der Waals surface area contributed by atoms with Crippen molar-refractivity contribution in [2.45, 2.75) is 60.4 Å². The Bertz CT molecular complexity index is 234. The van der Waals surface area contributed by atoms with Crippen LogP contribution in [-0.2, 0) is 0 Å². The monoisotopic (exact) mass is 240 g/mol. The van der Waals surface area contributed by atoms with Crippen LogP contribution < -0.4 is 10.6 Å². The highest BCUT2D eigenvalue weighted by molar-refractivity contribution is 5.12. The van der Waals surface area contributed by atoms with E-state index in [1.54, 1.807) is 0 Å². The largest absolute Gasteiger partial charge is 0.316 e. The van der Waals surface area contributed by atoms with Crippen molar-refractivity contribution in [2.75, 3.05) is 19.6 Å². The molecule has 0 aromatic heterocycles. The van der Waals surface area contributed by atoms with Crippen LogP contribution in [0.2, 0.25) is 0 Å². The minimum atomic E-state index is 0.250. The fraction of sp³-hybridized carbons (Fsp3) is 1.00. The first kappa shape index (κ1) is 15.0. The minimum Gasteiger partial charge on any atom is -0.316 e. The van der Waals surface area contributed by atoms with E-state index in [4.69, 9.17) is 0 Å². The lowest BCUT2D eigenvalue weighted by Crippen LogP contribution is -2.37. The van der Waals surface area contributed by atoms with E-state index < -0.39 is 0 Å². The molecule has 0 amide bonds. The zero-order valence-electron chi connectivity index (χ0n) is 12.9. The van der Waals surface area contributed by atoms with Gasteiger partial charge in [0.1, 0.15) is 0 Å². The SMILES string of the molecule is CC(C)(C)NCCCNCC1C(C)(C)C1(C)C. The Morgan fingerprint density at radius 3 is 1.88 bits per heavy atom. The van der Waals surface area contributed by atoms with E-state index in [1.165, 1.54) is 13.0 Å². The predicted octanol–water partition coefficient (Wildman–Crippen LogP) is 3.04. The van der Waals surface area contributed by atoms with Crippen molar-refractivity contribution in [2.24, 2.45) is 16.7 Å². The molecule has 1 fully saturated rings. The number of hydrogen-bond donors (Lipinski definition) is 2. The molecule has 0 spiro atoms. The van der Waals surface area contributed by atoms with Crippen LogP contribution in [0.5, 0.6) is 0 Å². The molecule has 1 aliphatic carbocycles. The van der Waals surface area contributed by atoms with Gasteiger partial charge in [-0.3, -0.25) is 0 Å². The number of rotatable bonds is 6.